The monoisotopic (exact) mass is 256 g/mol. The predicted molar refractivity (Wildman–Crippen MR) is 80.9 cm³/mol. The lowest BCUT2D eigenvalue weighted by Crippen LogP contribution is -2.65. The molecule has 0 amide bonds. The van der Waals surface area contributed by atoms with E-state index in [1.54, 1.807) is 0 Å². The highest BCUT2D eigenvalue weighted by atomic mass is 15.3. The number of rotatable bonds is 2. The van der Waals surface area contributed by atoms with Gasteiger partial charge < -0.3 is 5.32 Å². The lowest BCUT2D eigenvalue weighted by atomic mass is 9.86. The Labute approximate surface area is 117 Å². The zero-order chi connectivity index (χ0) is 14.1. The molecule has 1 saturated heterocycles. The maximum atomic E-state index is 5.71. The van der Waals surface area contributed by atoms with Gasteiger partial charge in [0.05, 0.1) is 11.1 Å². The highest BCUT2D eigenvalue weighted by Gasteiger charge is 2.40. The summed E-state index contributed by atoms with van der Waals surface area (Å²) in [4.78, 5) is 2.43. The van der Waals surface area contributed by atoms with Gasteiger partial charge in [-0.1, -0.05) is 36.3 Å². The number of piperazine rings is 1. The van der Waals surface area contributed by atoms with Gasteiger partial charge in [-0.05, 0) is 33.3 Å². The van der Waals surface area contributed by atoms with Crippen LogP contribution < -0.4 is 5.32 Å². The van der Waals surface area contributed by atoms with Gasteiger partial charge in [-0.25, -0.2) is 0 Å². The van der Waals surface area contributed by atoms with E-state index in [2.05, 4.69) is 74.2 Å². The fourth-order valence-electron chi connectivity index (χ4n) is 2.87. The van der Waals surface area contributed by atoms with E-state index in [9.17, 15) is 0 Å². The van der Waals surface area contributed by atoms with Crippen LogP contribution in [-0.4, -0.2) is 29.6 Å². The highest BCUT2D eigenvalue weighted by molar-refractivity contribution is 5.26. The smallest absolute Gasteiger partial charge is 0.0769 e. The van der Waals surface area contributed by atoms with Crippen molar-refractivity contribution in [2.24, 2.45) is 0 Å². The third-order valence-electron chi connectivity index (χ3n) is 4.29. The van der Waals surface area contributed by atoms with Gasteiger partial charge in [-0.3, -0.25) is 4.90 Å². The Bertz CT molecular complexity index is 472. The van der Waals surface area contributed by atoms with Crippen molar-refractivity contribution < 1.29 is 0 Å². The Kier molecular flexibility index (Phi) is 3.71. The Morgan fingerprint density at radius 1 is 1.37 bits per heavy atom. The molecule has 2 rings (SSSR count). The van der Waals surface area contributed by atoms with Crippen LogP contribution in [0.3, 0.4) is 0 Å². The van der Waals surface area contributed by atoms with Crippen molar-refractivity contribution in [1.82, 2.24) is 10.2 Å². The molecular formula is C17H24N2. The van der Waals surface area contributed by atoms with Crippen molar-refractivity contribution in [3.05, 3.63) is 35.9 Å². The fraction of sp³-hybridized carbons (Fsp3) is 0.529. The van der Waals surface area contributed by atoms with Crippen LogP contribution >= 0.6 is 0 Å². The van der Waals surface area contributed by atoms with E-state index in [4.69, 9.17) is 6.42 Å². The molecule has 0 bridgehead atoms. The molecular weight excluding hydrogens is 232 g/mol. The average molecular weight is 256 g/mol. The van der Waals surface area contributed by atoms with Gasteiger partial charge >= 0.3 is 0 Å². The summed E-state index contributed by atoms with van der Waals surface area (Å²) in [6, 6.07) is 11.1. The first-order valence-corrected chi connectivity index (χ1v) is 6.94. The summed E-state index contributed by atoms with van der Waals surface area (Å²) in [6.07, 6.45) is 5.71. The summed E-state index contributed by atoms with van der Waals surface area (Å²) in [5.41, 5.74) is 1.07. The molecule has 1 fully saturated rings. The first-order valence-electron chi connectivity index (χ1n) is 6.94. The number of nitrogens with zero attached hydrogens (tertiary/aromatic N) is 1. The lowest BCUT2D eigenvalue weighted by Gasteiger charge is -2.50. The molecule has 0 aliphatic carbocycles. The van der Waals surface area contributed by atoms with Gasteiger partial charge in [0.2, 0.25) is 0 Å². The summed E-state index contributed by atoms with van der Waals surface area (Å²) >= 11 is 0. The minimum absolute atomic E-state index is 0.0398. The van der Waals surface area contributed by atoms with Crippen LogP contribution in [0.4, 0.5) is 0 Å². The molecule has 1 aliphatic heterocycles. The van der Waals surface area contributed by atoms with Gasteiger partial charge in [0.25, 0.3) is 0 Å². The summed E-state index contributed by atoms with van der Waals surface area (Å²) in [5, 5.41) is 3.68. The first-order chi connectivity index (χ1) is 8.89. The lowest BCUT2D eigenvalue weighted by molar-refractivity contribution is 0.0383. The Hall–Kier alpha value is -1.30. The first kappa shape index (κ1) is 14.1. The molecule has 0 spiro atoms. The molecule has 1 heterocycles. The normalized spacial score (nSPS) is 28.9. The second kappa shape index (κ2) is 5.00. The Morgan fingerprint density at radius 3 is 2.58 bits per heavy atom. The highest BCUT2D eigenvalue weighted by Crippen LogP contribution is 2.30. The Morgan fingerprint density at radius 2 is 2.00 bits per heavy atom. The van der Waals surface area contributed by atoms with Crippen molar-refractivity contribution in [2.45, 2.75) is 44.8 Å². The fourth-order valence-corrected chi connectivity index (χ4v) is 2.87. The maximum Gasteiger partial charge on any atom is 0.0769 e. The molecule has 0 saturated carbocycles. The summed E-state index contributed by atoms with van der Waals surface area (Å²) in [6.45, 7) is 10.6. The van der Waals surface area contributed by atoms with Gasteiger partial charge in [-0.2, -0.15) is 0 Å². The largest absolute Gasteiger partial charge is 0.305 e. The van der Waals surface area contributed by atoms with E-state index < -0.39 is 0 Å². The summed E-state index contributed by atoms with van der Waals surface area (Å²) < 4.78 is 0. The minimum Gasteiger partial charge on any atom is -0.305 e. The molecule has 2 unspecified atom stereocenters. The third kappa shape index (κ3) is 2.68. The standard InChI is InChI=1S/C17H24N2/c1-6-16(3,4)19-13-17(5,18-12-14(19)2)15-10-8-7-9-11-15/h1,7-11,14,18H,12-13H2,2-5H3. The van der Waals surface area contributed by atoms with Crippen molar-refractivity contribution in [3.63, 3.8) is 0 Å². The molecule has 2 nitrogen and oxygen atoms in total. The minimum atomic E-state index is -0.211. The van der Waals surface area contributed by atoms with Crippen LogP contribution in [-0.2, 0) is 5.54 Å². The SMILES string of the molecule is C#CC(C)(C)N1CC(C)(c2ccccc2)NCC1C. The van der Waals surface area contributed by atoms with Crippen molar-refractivity contribution >= 4 is 0 Å². The molecule has 19 heavy (non-hydrogen) atoms. The molecule has 1 aromatic carbocycles. The van der Waals surface area contributed by atoms with Crippen molar-refractivity contribution in [2.75, 3.05) is 13.1 Å². The zero-order valence-corrected chi connectivity index (χ0v) is 12.4. The van der Waals surface area contributed by atoms with Gasteiger partial charge in [0, 0.05) is 19.1 Å². The van der Waals surface area contributed by atoms with E-state index in [-0.39, 0.29) is 11.1 Å². The molecule has 102 valence electrons. The van der Waals surface area contributed by atoms with E-state index >= 15 is 0 Å². The van der Waals surface area contributed by atoms with Gasteiger partial charge in [0.15, 0.2) is 0 Å². The molecule has 1 aliphatic rings. The number of terminal acetylenes is 1. The second-order valence-corrected chi connectivity index (χ2v) is 6.26. The molecule has 0 radical (unpaired) electrons. The van der Waals surface area contributed by atoms with Crippen LogP contribution in [0.25, 0.3) is 0 Å². The molecule has 2 atom stereocenters. The van der Waals surface area contributed by atoms with Gasteiger partial charge in [0.1, 0.15) is 0 Å². The van der Waals surface area contributed by atoms with Crippen LogP contribution in [0, 0.1) is 12.3 Å². The van der Waals surface area contributed by atoms with E-state index in [1.165, 1.54) is 5.56 Å². The molecule has 1 N–H and O–H groups in total. The van der Waals surface area contributed by atoms with Crippen LogP contribution in [0.1, 0.15) is 33.3 Å². The van der Waals surface area contributed by atoms with Crippen LogP contribution in [0.2, 0.25) is 0 Å². The molecule has 0 aromatic heterocycles. The van der Waals surface area contributed by atoms with E-state index in [0.717, 1.165) is 13.1 Å². The molecule has 2 heteroatoms. The third-order valence-corrected chi connectivity index (χ3v) is 4.29. The van der Waals surface area contributed by atoms with Crippen LogP contribution in [0.5, 0.6) is 0 Å². The van der Waals surface area contributed by atoms with Crippen molar-refractivity contribution in [1.29, 1.82) is 0 Å². The second-order valence-electron chi connectivity index (χ2n) is 6.26. The van der Waals surface area contributed by atoms with E-state index in [0.29, 0.717) is 6.04 Å². The predicted octanol–water partition coefficient (Wildman–Crippen LogP) is 2.61. The topological polar surface area (TPSA) is 15.3 Å². The number of hydrogen-bond acceptors (Lipinski definition) is 2. The van der Waals surface area contributed by atoms with Crippen molar-refractivity contribution in [3.8, 4) is 12.3 Å². The quantitative estimate of drug-likeness (QED) is 0.818. The number of benzene rings is 1. The van der Waals surface area contributed by atoms with Gasteiger partial charge in [-0.15, -0.1) is 6.42 Å². The molecule has 1 aromatic rings. The zero-order valence-electron chi connectivity index (χ0n) is 12.4. The Balaban J connectivity index is 2.29. The van der Waals surface area contributed by atoms with E-state index in [1.807, 2.05) is 0 Å². The summed E-state index contributed by atoms with van der Waals surface area (Å²) in [5.74, 6) is 2.93. The summed E-state index contributed by atoms with van der Waals surface area (Å²) in [7, 11) is 0. The maximum absolute atomic E-state index is 5.71. The average Bonchev–Trinajstić information content (AvgIpc) is 2.42. The number of nitrogens with one attached hydrogen (secondary N) is 1. The number of hydrogen-bond donors (Lipinski definition) is 1. The van der Waals surface area contributed by atoms with Crippen LogP contribution in [0.15, 0.2) is 30.3 Å².